The van der Waals surface area contributed by atoms with E-state index in [9.17, 15) is 4.79 Å². The summed E-state index contributed by atoms with van der Waals surface area (Å²) in [7, 11) is 1.57. The van der Waals surface area contributed by atoms with Crippen molar-refractivity contribution < 1.29 is 19.1 Å². The van der Waals surface area contributed by atoms with E-state index in [1.165, 1.54) is 0 Å². The van der Waals surface area contributed by atoms with Gasteiger partial charge in [0.1, 0.15) is 12.4 Å². The number of nitrogens with one attached hydrogen (secondary N) is 1. The van der Waals surface area contributed by atoms with E-state index in [-0.39, 0.29) is 30.2 Å². The van der Waals surface area contributed by atoms with Gasteiger partial charge in [0.05, 0.1) is 0 Å². The second-order valence-electron chi connectivity index (χ2n) is 4.54. The molecule has 1 rings (SSSR count). The minimum absolute atomic E-state index is 0.0518. The van der Waals surface area contributed by atoms with E-state index in [2.05, 4.69) is 5.32 Å². The van der Waals surface area contributed by atoms with Gasteiger partial charge in [-0.2, -0.15) is 0 Å². The van der Waals surface area contributed by atoms with Gasteiger partial charge in [0.25, 0.3) is 5.91 Å². The molecule has 0 aliphatic heterocycles. The Balaban J connectivity index is 2.62. The van der Waals surface area contributed by atoms with Crippen molar-refractivity contribution in [3.8, 4) is 0 Å². The van der Waals surface area contributed by atoms with Crippen molar-refractivity contribution in [3.63, 3.8) is 0 Å². The molecule has 1 atom stereocenters. The lowest BCUT2D eigenvalue weighted by Crippen LogP contribution is -2.39. The maximum absolute atomic E-state index is 11.9. The summed E-state index contributed by atoms with van der Waals surface area (Å²) >= 11 is 0. The molecule has 0 aliphatic carbocycles. The molecular formula is C13H21NO4. The highest BCUT2D eigenvalue weighted by Crippen LogP contribution is 2.11. The largest absolute Gasteiger partial charge is 0.453 e. The van der Waals surface area contributed by atoms with Gasteiger partial charge in [-0.3, -0.25) is 4.79 Å². The molecule has 0 bridgehead atoms. The van der Waals surface area contributed by atoms with Crippen molar-refractivity contribution in [1.82, 2.24) is 5.32 Å². The van der Waals surface area contributed by atoms with Gasteiger partial charge in [-0.1, -0.05) is 13.8 Å². The van der Waals surface area contributed by atoms with Crippen LogP contribution in [-0.2, 0) is 11.3 Å². The van der Waals surface area contributed by atoms with E-state index in [1.807, 2.05) is 13.8 Å². The minimum Gasteiger partial charge on any atom is -0.453 e. The Bertz CT molecular complexity index is 373. The topological polar surface area (TPSA) is 71.7 Å². The predicted molar refractivity (Wildman–Crippen MR) is 67.2 cm³/mol. The lowest BCUT2D eigenvalue weighted by Gasteiger charge is -2.20. The van der Waals surface area contributed by atoms with Crippen molar-refractivity contribution in [2.75, 3.05) is 13.7 Å². The summed E-state index contributed by atoms with van der Waals surface area (Å²) in [4.78, 5) is 11.9. The van der Waals surface area contributed by atoms with Crippen LogP contribution in [-0.4, -0.2) is 30.8 Å². The smallest absolute Gasteiger partial charge is 0.287 e. The summed E-state index contributed by atoms with van der Waals surface area (Å²) < 4.78 is 10.3. The van der Waals surface area contributed by atoms with Gasteiger partial charge in [0.15, 0.2) is 5.76 Å². The molecule has 0 fully saturated rings. The zero-order valence-electron chi connectivity index (χ0n) is 11.1. The van der Waals surface area contributed by atoms with Crippen LogP contribution < -0.4 is 5.32 Å². The molecule has 1 aromatic heterocycles. The molecule has 5 nitrogen and oxygen atoms in total. The number of hydrogen-bond donors (Lipinski definition) is 2. The number of aliphatic hydroxyl groups is 1. The average molecular weight is 255 g/mol. The zero-order chi connectivity index (χ0) is 13.5. The van der Waals surface area contributed by atoms with Crippen molar-refractivity contribution in [2.24, 2.45) is 5.92 Å². The Labute approximate surface area is 107 Å². The SMILES string of the molecule is COCc1ccc(C(=O)NC(CCO)C(C)C)o1. The first-order valence-electron chi connectivity index (χ1n) is 6.07. The second-order valence-corrected chi connectivity index (χ2v) is 4.54. The van der Waals surface area contributed by atoms with Crippen LogP contribution in [0.4, 0.5) is 0 Å². The standard InChI is InChI=1S/C13H21NO4/c1-9(2)11(6-7-15)14-13(16)12-5-4-10(18-12)8-17-3/h4-5,9,11,15H,6-8H2,1-3H3,(H,14,16). The van der Waals surface area contributed by atoms with Gasteiger partial charge in [-0.25, -0.2) is 0 Å². The quantitative estimate of drug-likeness (QED) is 0.775. The van der Waals surface area contributed by atoms with E-state index in [0.717, 1.165) is 0 Å². The Hall–Kier alpha value is -1.33. The van der Waals surface area contributed by atoms with Crippen molar-refractivity contribution in [2.45, 2.75) is 32.9 Å². The Morgan fingerprint density at radius 2 is 2.22 bits per heavy atom. The molecule has 0 saturated carbocycles. The molecule has 2 N–H and O–H groups in total. The summed E-state index contributed by atoms with van der Waals surface area (Å²) in [6.07, 6.45) is 0.537. The van der Waals surface area contributed by atoms with Gasteiger partial charge in [0, 0.05) is 19.8 Å². The second kappa shape index (κ2) is 7.18. The molecule has 0 aromatic carbocycles. The number of methoxy groups -OCH3 is 1. The molecule has 1 heterocycles. The van der Waals surface area contributed by atoms with Crippen LogP contribution in [0.15, 0.2) is 16.5 Å². The monoisotopic (exact) mass is 255 g/mol. The molecule has 1 unspecified atom stereocenters. The van der Waals surface area contributed by atoms with Gasteiger partial charge < -0.3 is 19.6 Å². The fourth-order valence-corrected chi connectivity index (χ4v) is 1.67. The third kappa shape index (κ3) is 4.16. The molecule has 0 aliphatic rings. The molecule has 5 heteroatoms. The first-order chi connectivity index (χ1) is 8.58. The third-order valence-corrected chi connectivity index (χ3v) is 2.73. The molecule has 18 heavy (non-hydrogen) atoms. The summed E-state index contributed by atoms with van der Waals surface area (Å²) in [5.74, 6) is 0.885. The van der Waals surface area contributed by atoms with Gasteiger partial charge in [-0.05, 0) is 24.5 Å². The Morgan fingerprint density at radius 3 is 2.78 bits per heavy atom. The van der Waals surface area contributed by atoms with Gasteiger partial charge in [-0.15, -0.1) is 0 Å². The Morgan fingerprint density at radius 1 is 1.50 bits per heavy atom. The molecule has 1 amide bonds. The van der Waals surface area contributed by atoms with Crippen LogP contribution in [0.1, 0.15) is 36.6 Å². The number of carbonyl (C=O) groups is 1. The molecule has 0 radical (unpaired) electrons. The lowest BCUT2D eigenvalue weighted by atomic mass is 10.0. The van der Waals surface area contributed by atoms with Gasteiger partial charge in [0.2, 0.25) is 0 Å². The maximum atomic E-state index is 11.9. The van der Waals surface area contributed by atoms with E-state index in [4.69, 9.17) is 14.3 Å². The van der Waals surface area contributed by atoms with Crippen LogP contribution in [0.2, 0.25) is 0 Å². The van der Waals surface area contributed by atoms with Crippen molar-refractivity contribution >= 4 is 5.91 Å². The fourth-order valence-electron chi connectivity index (χ4n) is 1.67. The van der Waals surface area contributed by atoms with E-state index in [1.54, 1.807) is 19.2 Å². The predicted octanol–water partition coefficient (Wildman–Crippen LogP) is 1.56. The van der Waals surface area contributed by atoms with Gasteiger partial charge >= 0.3 is 0 Å². The normalized spacial score (nSPS) is 12.7. The highest BCUT2D eigenvalue weighted by Gasteiger charge is 2.18. The fraction of sp³-hybridized carbons (Fsp3) is 0.615. The van der Waals surface area contributed by atoms with E-state index >= 15 is 0 Å². The number of carbonyl (C=O) groups excluding carboxylic acids is 1. The Kier molecular flexibility index (Phi) is 5.88. The number of ether oxygens (including phenoxy) is 1. The highest BCUT2D eigenvalue weighted by atomic mass is 16.5. The molecule has 102 valence electrons. The lowest BCUT2D eigenvalue weighted by molar-refractivity contribution is 0.0880. The number of hydrogen-bond acceptors (Lipinski definition) is 4. The van der Waals surface area contributed by atoms with Crippen LogP contribution in [0, 0.1) is 5.92 Å². The first kappa shape index (κ1) is 14.7. The molecular weight excluding hydrogens is 234 g/mol. The van der Waals surface area contributed by atoms with E-state index in [0.29, 0.717) is 18.8 Å². The van der Waals surface area contributed by atoms with Crippen LogP contribution in [0.5, 0.6) is 0 Å². The highest BCUT2D eigenvalue weighted by molar-refractivity contribution is 5.91. The molecule has 0 spiro atoms. The van der Waals surface area contributed by atoms with Crippen LogP contribution >= 0.6 is 0 Å². The summed E-state index contributed by atoms with van der Waals surface area (Å²) in [6, 6.07) is 3.29. The summed E-state index contributed by atoms with van der Waals surface area (Å²) in [5.41, 5.74) is 0. The molecule has 0 saturated heterocycles. The number of amides is 1. The van der Waals surface area contributed by atoms with Crippen LogP contribution in [0.25, 0.3) is 0 Å². The van der Waals surface area contributed by atoms with Crippen molar-refractivity contribution in [1.29, 1.82) is 0 Å². The average Bonchev–Trinajstić information content (AvgIpc) is 2.77. The maximum Gasteiger partial charge on any atom is 0.287 e. The van der Waals surface area contributed by atoms with Crippen LogP contribution in [0.3, 0.4) is 0 Å². The number of aliphatic hydroxyl groups excluding tert-OH is 1. The number of furan rings is 1. The number of rotatable bonds is 7. The minimum atomic E-state index is -0.260. The third-order valence-electron chi connectivity index (χ3n) is 2.73. The summed E-state index contributed by atoms with van der Waals surface area (Å²) in [6.45, 7) is 4.39. The first-order valence-corrected chi connectivity index (χ1v) is 6.07. The molecule has 1 aromatic rings. The zero-order valence-corrected chi connectivity index (χ0v) is 11.1. The van der Waals surface area contributed by atoms with Crippen molar-refractivity contribution in [3.05, 3.63) is 23.7 Å². The van der Waals surface area contributed by atoms with E-state index < -0.39 is 0 Å². The summed E-state index contributed by atoms with van der Waals surface area (Å²) in [5, 5.41) is 11.8.